The van der Waals surface area contributed by atoms with Crippen molar-refractivity contribution in [1.82, 2.24) is 5.01 Å². The zero-order valence-electron chi connectivity index (χ0n) is 10.8. The molecule has 0 spiro atoms. The van der Waals surface area contributed by atoms with Crippen LogP contribution in [-0.4, -0.2) is 25.1 Å². The van der Waals surface area contributed by atoms with Gasteiger partial charge in [0.2, 0.25) is 5.91 Å². The Bertz CT molecular complexity index is 473. The number of benzene rings is 1. The number of hydrazine groups is 1. The minimum absolute atomic E-state index is 0.0666. The molecule has 1 aromatic rings. The first-order valence-electron chi connectivity index (χ1n) is 5.28. The number of likely N-dealkylation sites (N-methyl/N-ethyl adjacent to an activating group) is 1. The SMILES string of the molecule is COc1cc(F)c(C(C)(C)C(=O)N(C)N)cc1F. The van der Waals surface area contributed by atoms with E-state index in [1.807, 2.05) is 0 Å². The number of nitrogens with zero attached hydrogens (tertiary/aromatic N) is 1. The van der Waals surface area contributed by atoms with Crippen molar-refractivity contribution in [2.75, 3.05) is 14.2 Å². The molecule has 0 atom stereocenters. The molecule has 0 aliphatic carbocycles. The van der Waals surface area contributed by atoms with Crippen LogP contribution in [-0.2, 0) is 10.2 Å². The molecule has 0 bridgehead atoms. The summed E-state index contributed by atoms with van der Waals surface area (Å²) in [7, 11) is 2.59. The van der Waals surface area contributed by atoms with Crippen molar-refractivity contribution >= 4 is 5.91 Å². The third kappa shape index (κ3) is 2.43. The number of hydrogen-bond donors (Lipinski definition) is 1. The molecule has 0 aliphatic heterocycles. The fourth-order valence-electron chi connectivity index (χ4n) is 1.72. The van der Waals surface area contributed by atoms with Crippen LogP contribution in [0.15, 0.2) is 12.1 Å². The Morgan fingerprint density at radius 1 is 1.33 bits per heavy atom. The minimum atomic E-state index is -1.26. The highest BCUT2D eigenvalue weighted by molar-refractivity contribution is 5.86. The van der Waals surface area contributed by atoms with Gasteiger partial charge in [0, 0.05) is 18.7 Å². The molecule has 0 aromatic heterocycles. The molecule has 1 aromatic carbocycles. The van der Waals surface area contributed by atoms with Gasteiger partial charge in [0.05, 0.1) is 12.5 Å². The quantitative estimate of drug-likeness (QED) is 0.509. The number of nitrogens with two attached hydrogens (primary N) is 1. The van der Waals surface area contributed by atoms with E-state index in [9.17, 15) is 13.6 Å². The topological polar surface area (TPSA) is 55.6 Å². The van der Waals surface area contributed by atoms with Crippen LogP contribution in [0.25, 0.3) is 0 Å². The summed E-state index contributed by atoms with van der Waals surface area (Å²) in [6, 6.07) is 1.87. The maximum absolute atomic E-state index is 13.9. The van der Waals surface area contributed by atoms with Gasteiger partial charge in [-0.15, -0.1) is 0 Å². The van der Waals surface area contributed by atoms with Crippen molar-refractivity contribution in [3.8, 4) is 5.75 Å². The van der Waals surface area contributed by atoms with Crippen molar-refractivity contribution in [3.63, 3.8) is 0 Å². The number of carbonyl (C=O) groups excluding carboxylic acids is 1. The predicted molar refractivity (Wildman–Crippen MR) is 62.9 cm³/mol. The van der Waals surface area contributed by atoms with Gasteiger partial charge in [-0.2, -0.15) is 0 Å². The van der Waals surface area contributed by atoms with E-state index < -0.39 is 23.0 Å². The maximum Gasteiger partial charge on any atom is 0.246 e. The van der Waals surface area contributed by atoms with Gasteiger partial charge in [-0.1, -0.05) is 0 Å². The van der Waals surface area contributed by atoms with Crippen LogP contribution in [0.3, 0.4) is 0 Å². The minimum Gasteiger partial charge on any atom is -0.494 e. The Hall–Kier alpha value is -1.69. The molecule has 4 nitrogen and oxygen atoms in total. The molecule has 1 amide bonds. The molecule has 0 heterocycles. The molecule has 0 unspecified atom stereocenters. The van der Waals surface area contributed by atoms with Gasteiger partial charge in [0.1, 0.15) is 5.82 Å². The van der Waals surface area contributed by atoms with Crippen molar-refractivity contribution in [2.24, 2.45) is 5.84 Å². The number of carbonyl (C=O) groups is 1. The Labute approximate surface area is 104 Å². The highest BCUT2D eigenvalue weighted by Gasteiger charge is 2.35. The maximum atomic E-state index is 13.9. The summed E-state index contributed by atoms with van der Waals surface area (Å²) in [4.78, 5) is 11.9. The smallest absolute Gasteiger partial charge is 0.246 e. The Kier molecular flexibility index (Phi) is 3.91. The number of ether oxygens (including phenoxy) is 1. The van der Waals surface area contributed by atoms with Crippen molar-refractivity contribution in [3.05, 3.63) is 29.3 Å². The lowest BCUT2D eigenvalue weighted by Gasteiger charge is -2.27. The Morgan fingerprint density at radius 2 is 1.89 bits per heavy atom. The molecule has 0 saturated carbocycles. The largest absolute Gasteiger partial charge is 0.494 e. The van der Waals surface area contributed by atoms with Gasteiger partial charge in [-0.05, 0) is 19.9 Å². The molecule has 2 N–H and O–H groups in total. The van der Waals surface area contributed by atoms with Crippen molar-refractivity contribution in [1.29, 1.82) is 0 Å². The first kappa shape index (κ1) is 14.4. The molecule has 0 fully saturated rings. The van der Waals surface area contributed by atoms with Crippen LogP contribution in [0.5, 0.6) is 5.75 Å². The average molecular weight is 258 g/mol. The lowest BCUT2D eigenvalue weighted by atomic mass is 9.83. The zero-order chi connectivity index (χ0) is 14.1. The summed E-state index contributed by atoms with van der Waals surface area (Å²) in [6.45, 7) is 2.95. The fourth-order valence-corrected chi connectivity index (χ4v) is 1.72. The Morgan fingerprint density at radius 3 is 2.33 bits per heavy atom. The highest BCUT2D eigenvalue weighted by atomic mass is 19.1. The number of rotatable bonds is 3. The highest BCUT2D eigenvalue weighted by Crippen LogP contribution is 2.31. The molecule has 1 rings (SSSR count). The second kappa shape index (κ2) is 4.89. The molecule has 100 valence electrons. The predicted octanol–water partition coefficient (Wildman–Crippen LogP) is 1.58. The van der Waals surface area contributed by atoms with Gasteiger partial charge in [-0.25, -0.2) is 14.6 Å². The third-order valence-electron chi connectivity index (χ3n) is 2.77. The van der Waals surface area contributed by atoms with Crippen LogP contribution in [0, 0.1) is 11.6 Å². The number of amides is 1. The van der Waals surface area contributed by atoms with Gasteiger partial charge in [0.25, 0.3) is 0 Å². The van der Waals surface area contributed by atoms with Crippen LogP contribution in [0.2, 0.25) is 0 Å². The van der Waals surface area contributed by atoms with Crippen LogP contribution in [0.4, 0.5) is 8.78 Å². The average Bonchev–Trinajstić information content (AvgIpc) is 2.30. The van der Waals surface area contributed by atoms with E-state index in [-0.39, 0.29) is 11.3 Å². The van der Waals surface area contributed by atoms with Crippen LogP contribution < -0.4 is 10.6 Å². The number of hydrogen-bond acceptors (Lipinski definition) is 3. The molecule has 18 heavy (non-hydrogen) atoms. The lowest BCUT2D eigenvalue weighted by Crippen LogP contribution is -2.45. The number of methoxy groups -OCH3 is 1. The second-order valence-electron chi connectivity index (χ2n) is 4.51. The summed E-state index contributed by atoms with van der Waals surface area (Å²) in [5.41, 5.74) is -1.33. The third-order valence-corrected chi connectivity index (χ3v) is 2.77. The van der Waals surface area contributed by atoms with E-state index >= 15 is 0 Å². The molecular formula is C12H16F2N2O2. The summed E-state index contributed by atoms with van der Waals surface area (Å²) >= 11 is 0. The second-order valence-corrected chi connectivity index (χ2v) is 4.51. The van der Waals surface area contributed by atoms with E-state index in [2.05, 4.69) is 4.74 Å². The molecular weight excluding hydrogens is 242 g/mol. The van der Waals surface area contributed by atoms with Gasteiger partial charge >= 0.3 is 0 Å². The Balaban J connectivity index is 3.33. The van der Waals surface area contributed by atoms with Crippen LogP contribution >= 0.6 is 0 Å². The van der Waals surface area contributed by atoms with Crippen molar-refractivity contribution < 1.29 is 18.3 Å². The number of halogens is 2. The van der Waals surface area contributed by atoms with E-state index in [4.69, 9.17) is 5.84 Å². The van der Waals surface area contributed by atoms with Gasteiger partial charge in [-0.3, -0.25) is 9.80 Å². The summed E-state index contributed by atoms with van der Waals surface area (Å²) < 4.78 is 32.1. The fraction of sp³-hybridized carbons (Fsp3) is 0.417. The van der Waals surface area contributed by atoms with Gasteiger partial charge in [0.15, 0.2) is 11.6 Å². The zero-order valence-corrected chi connectivity index (χ0v) is 10.8. The summed E-state index contributed by atoms with van der Waals surface area (Å²) in [5, 5.41) is 0.849. The van der Waals surface area contributed by atoms with E-state index in [0.717, 1.165) is 17.1 Å². The normalized spacial score (nSPS) is 11.3. The standard InChI is InChI=1S/C12H16F2N2O2/c1-12(2,11(17)16(3)15)7-5-9(14)10(18-4)6-8(7)13/h5-6H,15H2,1-4H3. The molecule has 6 heteroatoms. The summed E-state index contributed by atoms with van der Waals surface area (Å²) in [5.74, 6) is 3.17. The van der Waals surface area contributed by atoms with E-state index in [1.165, 1.54) is 28.0 Å². The lowest BCUT2D eigenvalue weighted by molar-refractivity contribution is -0.135. The monoisotopic (exact) mass is 258 g/mol. The van der Waals surface area contributed by atoms with E-state index in [0.29, 0.717) is 0 Å². The molecule has 0 saturated heterocycles. The van der Waals surface area contributed by atoms with E-state index in [1.54, 1.807) is 0 Å². The molecule has 0 aliphatic rings. The first-order valence-corrected chi connectivity index (χ1v) is 5.28. The van der Waals surface area contributed by atoms with Crippen LogP contribution in [0.1, 0.15) is 19.4 Å². The van der Waals surface area contributed by atoms with Gasteiger partial charge < -0.3 is 4.74 Å². The molecule has 0 radical (unpaired) electrons. The first-order chi connectivity index (χ1) is 8.21. The summed E-state index contributed by atoms with van der Waals surface area (Å²) in [6.07, 6.45) is 0. The van der Waals surface area contributed by atoms with Crippen molar-refractivity contribution in [2.45, 2.75) is 19.3 Å².